The minimum atomic E-state index is -0.288. The SMILES string of the molecule is Cc1cc(C)nc(Sc2ccc(NC(=O)[C@H]3CC(=O)N(CC(C)C)C3)cc2)n1. The van der Waals surface area contributed by atoms with Crippen LogP contribution in [0.1, 0.15) is 31.7 Å². The van der Waals surface area contributed by atoms with E-state index >= 15 is 0 Å². The van der Waals surface area contributed by atoms with E-state index in [1.807, 2.05) is 44.2 Å². The van der Waals surface area contributed by atoms with Crippen molar-refractivity contribution < 1.29 is 9.59 Å². The number of rotatable bonds is 6. The predicted octanol–water partition coefficient (Wildman–Crippen LogP) is 3.69. The van der Waals surface area contributed by atoms with Gasteiger partial charge in [0.15, 0.2) is 5.16 Å². The van der Waals surface area contributed by atoms with E-state index in [0.29, 0.717) is 24.2 Å². The number of aromatic nitrogens is 2. The van der Waals surface area contributed by atoms with Crippen molar-refractivity contribution >= 4 is 29.3 Å². The van der Waals surface area contributed by atoms with Gasteiger partial charge < -0.3 is 10.2 Å². The number of amides is 2. The molecule has 2 amide bonds. The Kier molecular flexibility index (Phi) is 6.34. The molecule has 1 aromatic heterocycles. The molecule has 0 unspecified atom stereocenters. The van der Waals surface area contributed by atoms with Crippen LogP contribution in [0.2, 0.25) is 0 Å². The molecule has 1 fully saturated rings. The lowest BCUT2D eigenvalue weighted by molar-refractivity contribution is -0.128. The zero-order valence-corrected chi connectivity index (χ0v) is 17.5. The van der Waals surface area contributed by atoms with E-state index < -0.39 is 0 Å². The number of hydrogen-bond acceptors (Lipinski definition) is 5. The first-order chi connectivity index (χ1) is 13.3. The molecule has 28 heavy (non-hydrogen) atoms. The molecule has 1 aliphatic heterocycles. The highest BCUT2D eigenvalue weighted by Gasteiger charge is 2.34. The molecule has 2 heterocycles. The number of carbonyl (C=O) groups excluding carboxylic acids is 2. The van der Waals surface area contributed by atoms with Gasteiger partial charge in [0.1, 0.15) is 0 Å². The summed E-state index contributed by atoms with van der Waals surface area (Å²) in [5.41, 5.74) is 2.61. The van der Waals surface area contributed by atoms with Crippen molar-refractivity contribution in [2.45, 2.75) is 44.2 Å². The number of benzene rings is 1. The molecule has 0 aliphatic carbocycles. The van der Waals surface area contributed by atoms with Crippen LogP contribution in [-0.4, -0.2) is 39.8 Å². The van der Waals surface area contributed by atoms with E-state index in [-0.39, 0.29) is 24.2 Å². The summed E-state index contributed by atoms with van der Waals surface area (Å²) in [4.78, 5) is 36.3. The van der Waals surface area contributed by atoms with E-state index in [1.165, 1.54) is 11.8 Å². The van der Waals surface area contributed by atoms with Gasteiger partial charge >= 0.3 is 0 Å². The molecule has 1 aliphatic rings. The normalized spacial score (nSPS) is 16.7. The van der Waals surface area contributed by atoms with Crippen LogP contribution in [0.3, 0.4) is 0 Å². The molecule has 1 N–H and O–H groups in total. The lowest BCUT2D eigenvalue weighted by Crippen LogP contribution is -2.31. The molecule has 7 heteroatoms. The average molecular weight is 399 g/mol. The summed E-state index contributed by atoms with van der Waals surface area (Å²) in [5, 5.41) is 3.64. The monoisotopic (exact) mass is 398 g/mol. The summed E-state index contributed by atoms with van der Waals surface area (Å²) < 4.78 is 0. The number of carbonyl (C=O) groups is 2. The molecular formula is C21H26N4O2S. The fourth-order valence-electron chi connectivity index (χ4n) is 3.26. The van der Waals surface area contributed by atoms with Crippen LogP contribution in [0.15, 0.2) is 40.4 Å². The Bertz CT molecular complexity index is 847. The van der Waals surface area contributed by atoms with Gasteiger partial charge in [-0.2, -0.15) is 0 Å². The van der Waals surface area contributed by atoms with Crippen LogP contribution in [0.5, 0.6) is 0 Å². The number of aryl methyl sites for hydroxylation is 2. The standard InChI is InChI=1S/C21H26N4O2S/c1-13(2)11-25-12-16(10-19(25)26)20(27)24-17-5-7-18(8-6-17)28-21-22-14(3)9-15(4)23-21/h5-9,13,16H,10-12H2,1-4H3,(H,24,27)/t16-/m0/s1. The van der Waals surface area contributed by atoms with Crippen LogP contribution in [0, 0.1) is 25.7 Å². The molecule has 1 atom stereocenters. The predicted molar refractivity (Wildman–Crippen MR) is 110 cm³/mol. The quantitative estimate of drug-likeness (QED) is 0.751. The second-order valence-electron chi connectivity index (χ2n) is 7.64. The van der Waals surface area contributed by atoms with Gasteiger partial charge in [-0.15, -0.1) is 0 Å². The van der Waals surface area contributed by atoms with Crippen LogP contribution in [0.4, 0.5) is 5.69 Å². The van der Waals surface area contributed by atoms with E-state index in [9.17, 15) is 9.59 Å². The third kappa shape index (κ3) is 5.32. The molecule has 1 saturated heterocycles. The summed E-state index contributed by atoms with van der Waals surface area (Å²) in [7, 11) is 0. The van der Waals surface area contributed by atoms with Crippen molar-refractivity contribution in [1.29, 1.82) is 0 Å². The molecule has 148 valence electrons. The molecule has 0 saturated carbocycles. The van der Waals surface area contributed by atoms with Crippen molar-refractivity contribution in [3.8, 4) is 0 Å². The Balaban J connectivity index is 1.58. The number of nitrogens with zero attached hydrogens (tertiary/aromatic N) is 3. The molecule has 0 spiro atoms. The fourth-order valence-corrected chi connectivity index (χ4v) is 4.12. The van der Waals surface area contributed by atoms with Crippen LogP contribution in [-0.2, 0) is 9.59 Å². The lowest BCUT2D eigenvalue weighted by atomic mass is 10.1. The Morgan fingerprint density at radius 3 is 2.46 bits per heavy atom. The van der Waals surface area contributed by atoms with Crippen LogP contribution < -0.4 is 5.32 Å². The van der Waals surface area contributed by atoms with E-state index in [4.69, 9.17) is 0 Å². The van der Waals surface area contributed by atoms with Gasteiger partial charge in [-0.1, -0.05) is 13.8 Å². The first-order valence-electron chi connectivity index (χ1n) is 9.49. The summed E-state index contributed by atoms with van der Waals surface area (Å²) in [6.45, 7) is 9.25. The van der Waals surface area contributed by atoms with Crippen molar-refractivity contribution in [3.05, 3.63) is 41.7 Å². The molecular weight excluding hydrogens is 372 g/mol. The minimum absolute atomic E-state index is 0.0639. The summed E-state index contributed by atoms with van der Waals surface area (Å²) >= 11 is 1.49. The number of nitrogens with one attached hydrogen (secondary N) is 1. The molecule has 3 rings (SSSR count). The Hall–Kier alpha value is -2.41. The summed E-state index contributed by atoms with van der Waals surface area (Å²) in [6.07, 6.45) is 0.288. The Labute approximate surface area is 170 Å². The Morgan fingerprint density at radius 1 is 1.21 bits per heavy atom. The maximum absolute atomic E-state index is 12.5. The summed E-state index contributed by atoms with van der Waals surface area (Å²) in [6, 6.07) is 9.55. The van der Waals surface area contributed by atoms with Gasteiger partial charge in [0.05, 0.1) is 5.92 Å². The van der Waals surface area contributed by atoms with Crippen molar-refractivity contribution in [1.82, 2.24) is 14.9 Å². The molecule has 0 radical (unpaired) electrons. The second kappa shape index (κ2) is 8.73. The maximum atomic E-state index is 12.5. The van der Waals surface area contributed by atoms with Gasteiger partial charge in [0, 0.05) is 41.5 Å². The largest absolute Gasteiger partial charge is 0.342 e. The smallest absolute Gasteiger partial charge is 0.229 e. The number of hydrogen-bond donors (Lipinski definition) is 1. The van der Waals surface area contributed by atoms with Gasteiger partial charge in [-0.25, -0.2) is 9.97 Å². The van der Waals surface area contributed by atoms with Gasteiger partial charge in [0.25, 0.3) is 0 Å². The number of anilines is 1. The van der Waals surface area contributed by atoms with Gasteiger partial charge in [0.2, 0.25) is 11.8 Å². The number of likely N-dealkylation sites (tertiary alicyclic amines) is 1. The third-order valence-electron chi connectivity index (χ3n) is 4.46. The van der Waals surface area contributed by atoms with Crippen molar-refractivity contribution in [3.63, 3.8) is 0 Å². The highest BCUT2D eigenvalue weighted by molar-refractivity contribution is 7.99. The highest BCUT2D eigenvalue weighted by Crippen LogP contribution is 2.27. The van der Waals surface area contributed by atoms with Crippen molar-refractivity contribution in [2.75, 3.05) is 18.4 Å². The molecule has 6 nitrogen and oxygen atoms in total. The summed E-state index contributed by atoms with van der Waals surface area (Å²) in [5.74, 6) is 0.0765. The van der Waals surface area contributed by atoms with Crippen LogP contribution in [0.25, 0.3) is 0 Å². The van der Waals surface area contributed by atoms with E-state index in [1.54, 1.807) is 4.90 Å². The maximum Gasteiger partial charge on any atom is 0.229 e. The Morgan fingerprint density at radius 2 is 1.86 bits per heavy atom. The zero-order valence-electron chi connectivity index (χ0n) is 16.7. The topological polar surface area (TPSA) is 75.2 Å². The van der Waals surface area contributed by atoms with E-state index in [2.05, 4.69) is 29.1 Å². The first-order valence-corrected chi connectivity index (χ1v) is 10.3. The van der Waals surface area contributed by atoms with Crippen LogP contribution >= 0.6 is 11.8 Å². The molecule has 1 aromatic carbocycles. The minimum Gasteiger partial charge on any atom is -0.342 e. The molecule has 2 aromatic rings. The fraction of sp³-hybridized carbons (Fsp3) is 0.429. The van der Waals surface area contributed by atoms with E-state index in [0.717, 1.165) is 22.0 Å². The molecule has 0 bridgehead atoms. The lowest BCUT2D eigenvalue weighted by Gasteiger charge is -2.18. The van der Waals surface area contributed by atoms with Crippen molar-refractivity contribution in [2.24, 2.45) is 11.8 Å². The third-order valence-corrected chi connectivity index (χ3v) is 5.34. The second-order valence-corrected chi connectivity index (χ2v) is 8.68. The van der Waals surface area contributed by atoms with Gasteiger partial charge in [-0.3, -0.25) is 9.59 Å². The average Bonchev–Trinajstić information content (AvgIpc) is 2.96. The van der Waals surface area contributed by atoms with Gasteiger partial charge in [-0.05, 0) is 61.9 Å². The zero-order chi connectivity index (χ0) is 20.3. The highest BCUT2D eigenvalue weighted by atomic mass is 32.2. The first kappa shape index (κ1) is 20.3.